The van der Waals surface area contributed by atoms with Crippen LogP contribution in [0.5, 0.6) is 0 Å². The number of hydrogen-bond acceptors (Lipinski definition) is 6. The summed E-state index contributed by atoms with van der Waals surface area (Å²) in [4.78, 5) is 26.8. The Morgan fingerprint density at radius 3 is 2.75 bits per heavy atom. The summed E-state index contributed by atoms with van der Waals surface area (Å²) in [7, 11) is 0. The maximum absolute atomic E-state index is 12.1. The van der Waals surface area contributed by atoms with Crippen molar-refractivity contribution in [3.63, 3.8) is 0 Å². The number of nitrogens with zero attached hydrogens (tertiary/aromatic N) is 1. The molecule has 3 heterocycles. The number of furan rings is 1. The molecule has 2 N–H and O–H groups in total. The lowest BCUT2D eigenvalue weighted by molar-refractivity contribution is 0.0383. The second kappa shape index (κ2) is 8.09. The highest BCUT2D eigenvalue weighted by molar-refractivity contribution is 7.18. The number of thiophene rings is 1. The van der Waals surface area contributed by atoms with E-state index in [4.69, 9.17) is 9.15 Å². The van der Waals surface area contributed by atoms with E-state index in [1.165, 1.54) is 17.6 Å². The van der Waals surface area contributed by atoms with Gasteiger partial charge in [-0.1, -0.05) is 0 Å². The number of amides is 2. The number of morpholine rings is 1. The van der Waals surface area contributed by atoms with Crippen LogP contribution in [0.25, 0.3) is 0 Å². The van der Waals surface area contributed by atoms with Crippen LogP contribution in [-0.2, 0) is 4.74 Å². The van der Waals surface area contributed by atoms with Gasteiger partial charge in [0, 0.05) is 26.2 Å². The first-order chi connectivity index (χ1) is 11.7. The van der Waals surface area contributed by atoms with Crippen LogP contribution in [0.15, 0.2) is 34.9 Å². The van der Waals surface area contributed by atoms with Gasteiger partial charge in [-0.05, 0) is 24.3 Å². The van der Waals surface area contributed by atoms with Crippen LogP contribution in [-0.4, -0.2) is 56.1 Å². The minimum atomic E-state index is -0.332. The van der Waals surface area contributed by atoms with E-state index in [0.29, 0.717) is 16.4 Å². The zero-order valence-corrected chi connectivity index (χ0v) is 13.9. The second-order valence-corrected chi connectivity index (χ2v) is 6.39. The van der Waals surface area contributed by atoms with Crippen molar-refractivity contribution < 1.29 is 18.7 Å². The molecule has 0 aromatic carbocycles. The molecule has 0 aliphatic carbocycles. The molecule has 2 aromatic rings. The van der Waals surface area contributed by atoms with Gasteiger partial charge in [0.05, 0.1) is 29.4 Å². The summed E-state index contributed by atoms with van der Waals surface area (Å²) >= 11 is 1.23. The van der Waals surface area contributed by atoms with Crippen molar-refractivity contribution in [2.75, 3.05) is 44.7 Å². The van der Waals surface area contributed by atoms with E-state index >= 15 is 0 Å². The molecule has 128 valence electrons. The van der Waals surface area contributed by atoms with E-state index in [0.717, 1.165) is 32.8 Å². The molecular weight excluding hydrogens is 330 g/mol. The van der Waals surface area contributed by atoms with Gasteiger partial charge in [0.15, 0.2) is 5.76 Å². The van der Waals surface area contributed by atoms with E-state index < -0.39 is 0 Å². The third kappa shape index (κ3) is 4.44. The van der Waals surface area contributed by atoms with Gasteiger partial charge in [-0.2, -0.15) is 0 Å². The molecule has 2 aromatic heterocycles. The van der Waals surface area contributed by atoms with Gasteiger partial charge in [0.1, 0.15) is 0 Å². The van der Waals surface area contributed by atoms with Gasteiger partial charge in [0.25, 0.3) is 11.8 Å². The van der Waals surface area contributed by atoms with Gasteiger partial charge in [0.2, 0.25) is 0 Å². The largest absolute Gasteiger partial charge is 0.459 e. The number of carbonyl (C=O) groups excluding carboxylic acids is 2. The summed E-state index contributed by atoms with van der Waals surface area (Å²) in [6.07, 6.45) is 1.44. The molecule has 1 aliphatic rings. The van der Waals surface area contributed by atoms with Crippen molar-refractivity contribution in [3.8, 4) is 0 Å². The summed E-state index contributed by atoms with van der Waals surface area (Å²) in [5, 5.41) is 6.22. The average Bonchev–Trinajstić information content (AvgIpc) is 3.27. The molecule has 0 saturated carbocycles. The first kappa shape index (κ1) is 16.7. The smallest absolute Gasteiger partial charge is 0.291 e. The molecule has 1 fully saturated rings. The maximum atomic E-state index is 12.1. The molecule has 1 aliphatic heterocycles. The number of ether oxygens (including phenoxy) is 1. The lowest BCUT2D eigenvalue weighted by Gasteiger charge is -2.26. The minimum absolute atomic E-state index is 0.133. The predicted molar refractivity (Wildman–Crippen MR) is 90.6 cm³/mol. The topological polar surface area (TPSA) is 83.8 Å². The molecule has 1 saturated heterocycles. The number of hydrogen-bond donors (Lipinski definition) is 2. The summed E-state index contributed by atoms with van der Waals surface area (Å²) in [5.74, 6) is -0.229. The number of carbonyl (C=O) groups is 2. The molecule has 3 rings (SSSR count). The Hall–Kier alpha value is -2.16. The maximum Gasteiger partial charge on any atom is 0.291 e. The summed E-state index contributed by atoms with van der Waals surface area (Å²) in [6, 6.07) is 6.65. The fourth-order valence-electron chi connectivity index (χ4n) is 2.35. The Morgan fingerprint density at radius 1 is 1.17 bits per heavy atom. The van der Waals surface area contributed by atoms with Crippen molar-refractivity contribution in [1.29, 1.82) is 0 Å². The normalized spacial score (nSPS) is 15.2. The Labute approximate surface area is 143 Å². The van der Waals surface area contributed by atoms with Gasteiger partial charge in [-0.25, -0.2) is 0 Å². The van der Waals surface area contributed by atoms with E-state index in [2.05, 4.69) is 15.5 Å². The minimum Gasteiger partial charge on any atom is -0.459 e. The summed E-state index contributed by atoms with van der Waals surface area (Å²) < 4.78 is 10.3. The molecule has 0 unspecified atom stereocenters. The summed E-state index contributed by atoms with van der Waals surface area (Å²) in [5.41, 5.74) is 0. The molecular formula is C16H19N3O4S. The van der Waals surface area contributed by atoms with E-state index in [-0.39, 0.29) is 17.6 Å². The zero-order valence-electron chi connectivity index (χ0n) is 13.1. The van der Waals surface area contributed by atoms with Crippen molar-refractivity contribution in [2.24, 2.45) is 0 Å². The predicted octanol–water partition coefficient (Wildman–Crippen LogP) is 1.66. The van der Waals surface area contributed by atoms with Gasteiger partial charge >= 0.3 is 0 Å². The molecule has 0 bridgehead atoms. The van der Waals surface area contributed by atoms with Crippen LogP contribution >= 0.6 is 11.3 Å². The Balaban J connectivity index is 1.45. The highest BCUT2D eigenvalue weighted by Crippen LogP contribution is 2.22. The van der Waals surface area contributed by atoms with Crippen LogP contribution in [0.1, 0.15) is 20.2 Å². The number of nitrogens with one attached hydrogen (secondary N) is 2. The van der Waals surface area contributed by atoms with Crippen molar-refractivity contribution >= 4 is 28.2 Å². The quantitative estimate of drug-likeness (QED) is 0.829. The first-order valence-corrected chi connectivity index (χ1v) is 8.57. The molecule has 0 radical (unpaired) electrons. The van der Waals surface area contributed by atoms with E-state index in [1.807, 2.05) is 0 Å². The van der Waals surface area contributed by atoms with Crippen LogP contribution in [0.2, 0.25) is 0 Å². The Morgan fingerprint density at radius 2 is 2.00 bits per heavy atom. The van der Waals surface area contributed by atoms with Gasteiger partial charge in [-0.15, -0.1) is 11.3 Å². The van der Waals surface area contributed by atoms with Crippen LogP contribution in [0.3, 0.4) is 0 Å². The molecule has 7 nitrogen and oxygen atoms in total. The van der Waals surface area contributed by atoms with E-state index in [1.54, 1.807) is 24.3 Å². The summed E-state index contributed by atoms with van der Waals surface area (Å²) in [6.45, 7) is 4.69. The fourth-order valence-corrected chi connectivity index (χ4v) is 3.17. The monoisotopic (exact) mass is 349 g/mol. The van der Waals surface area contributed by atoms with E-state index in [9.17, 15) is 9.59 Å². The molecule has 0 atom stereocenters. The van der Waals surface area contributed by atoms with Gasteiger partial charge in [-0.3, -0.25) is 14.5 Å². The lowest BCUT2D eigenvalue weighted by Crippen LogP contribution is -2.41. The third-order valence-corrected chi connectivity index (χ3v) is 4.63. The first-order valence-electron chi connectivity index (χ1n) is 7.75. The molecule has 24 heavy (non-hydrogen) atoms. The second-order valence-electron chi connectivity index (χ2n) is 5.31. The van der Waals surface area contributed by atoms with Crippen LogP contribution in [0, 0.1) is 0 Å². The number of anilines is 1. The third-order valence-electron chi connectivity index (χ3n) is 3.63. The van der Waals surface area contributed by atoms with Crippen molar-refractivity contribution in [3.05, 3.63) is 41.2 Å². The van der Waals surface area contributed by atoms with Crippen LogP contribution in [0.4, 0.5) is 5.00 Å². The molecule has 8 heteroatoms. The average molecular weight is 349 g/mol. The fraction of sp³-hybridized carbons (Fsp3) is 0.375. The standard InChI is InChI=1S/C16H19N3O4S/c20-15(12-2-1-9-23-12)18-14-4-3-13(24-14)16(21)17-5-6-19-7-10-22-11-8-19/h1-4,9H,5-8,10-11H2,(H,17,21)(H,18,20). The highest BCUT2D eigenvalue weighted by atomic mass is 32.1. The molecule has 2 amide bonds. The van der Waals surface area contributed by atoms with Gasteiger partial charge < -0.3 is 19.8 Å². The van der Waals surface area contributed by atoms with Crippen LogP contribution < -0.4 is 10.6 Å². The molecule has 0 spiro atoms. The Kier molecular flexibility index (Phi) is 5.63. The number of rotatable bonds is 6. The lowest BCUT2D eigenvalue weighted by atomic mass is 10.4. The van der Waals surface area contributed by atoms with Crippen molar-refractivity contribution in [1.82, 2.24) is 10.2 Å². The van der Waals surface area contributed by atoms with Crippen molar-refractivity contribution in [2.45, 2.75) is 0 Å². The Bertz CT molecular complexity index is 677. The SMILES string of the molecule is O=C(Nc1ccc(C(=O)NCCN2CCOCC2)s1)c1ccco1. The zero-order chi connectivity index (χ0) is 16.8. The highest BCUT2D eigenvalue weighted by Gasteiger charge is 2.14.